The molecule has 0 radical (unpaired) electrons. The van der Waals surface area contributed by atoms with Gasteiger partial charge in [0.1, 0.15) is 5.75 Å². The Hall–Kier alpha value is -0.890. The summed E-state index contributed by atoms with van der Waals surface area (Å²) in [6.07, 6.45) is 1.06. The van der Waals surface area contributed by atoms with Crippen LogP contribution in [0, 0.1) is 0 Å². The molecule has 13 heavy (non-hydrogen) atoms. The van der Waals surface area contributed by atoms with Crippen LogP contribution in [0.2, 0.25) is 0 Å². The first-order chi connectivity index (χ1) is 6.36. The summed E-state index contributed by atoms with van der Waals surface area (Å²) in [4.78, 5) is 0. The van der Waals surface area contributed by atoms with Crippen LogP contribution in [-0.4, -0.2) is 12.9 Å². The van der Waals surface area contributed by atoms with Crippen molar-refractivity contribution in [1.82, 2.24) is 0 Å². The van der Waals surface area contributed by atoms with Crippen LogP contribution in [0.25, 0.3) is 0 Å². The van der Waals surface area contributed by atoms with E-state index in [4.69, 9.17) is 4.74 Å². The minimum absolute atomic E-state index is 0.932. The highest BCUT2D eigenvalue weighted by Gasteiger charge is 1.94. The van der Waals surface area contributed by atoms with E-state index in [2.05, 4.69) is 18.7 Å². The number of hydrogen-bond acceptors (Lipinski definition) is 2. The number of methoxy groups -OCH3 is 1. The molecule has 0 heterocycles. The fourth-order valence-corrected chi connectivity index (χ4v) is 1.61. The lowest BCUT2D eigenvalue weighted by Gasteiger charge is -2.02. The van der Waals surface area contributed by atoms with Gasteiger partial charge in [-0.15, -0.1) is 11.8 Å². The normalized spacial score (nSPS) is 9.62. The predicted octanol–water partition coefficient (Wildman–Crippen LogP) is 3.11. The Morgan fingerprint density at radius 1 is 1.54 bits per heavy atom. The Kier molecular flexibility index (Phi) is 4.47. The summed E-state index contributed by atoms with van der Waals surface area (Å²) in [6.45, 7) is 3.66. The molecule has 0 aliphatic rings. The molecule has 0 atom stereocenters. The largest absolute Gasteiger partial charge is 0.497 e. The molecule has 0 bridgehead atoms. The van der Waals surface area contributed by atoms with Gasteiger partial charge in [-0.05, 0) is 29.5 Å². The summed E-state index contributed by atoms with van der Waals surface area (Å²) < 4.78 is 5.13. The lowest BCUT2D eigenvalue weighted by Crippen LogP contribution is -1.89. The van der Waals surface area contributed by atoms with E-state index in [9.17, 15) is 0 Å². The lowest BCUT2D eigenvalue weighted by atomic mass is 10.2. The Bertz CT molecular complexity index is 271. The van der Waals surface area contributed by atoms with Gasteiger partial charge in [0.05, 0.1) is 7.11 Å². The van der Waals surface area contributed by atoms with Crippen molar-refractivity contribution in [3.63, 3.8) is 0 Å². The third-order valence-electron chi connectivity index (χ3n) is 1.76. The minimum atomic E-state index is 0.932. The van der Waals surface area contributed by atoms with E-state index in [1.807, 2.05) is 17.5 Å². The van der Waals surface area contributed by atoms with Crippen LogP contribution in [0.5, 0.6) is 5.75 Å². The van der Waals surface area contributed by atoms with Crippen molar-refractivity contribution in [3.8, 4) is 5.75 Å². The summed E-state index contributed by atoms with van der Waals surface area (Å²) in [5, 5.41) is 1.88. The lowest BCUT2D eigenvalue weighted by molar-refractivity contribution is 0.414. The molecule has 0 fully saturated rings. The van der Waals surface area contributed by atoms with Crippen molar-refractivity contribution in [2.24, 2.45) is 0 Å². The molecule has 0 saturated carbocycles. The van der Waals surface area contributed by atoms with E-state index in [1.165, 1.54) is 5.56 Å². The molecular weight excluding hydrogens is 180 g/mol. The van der Waals surface area contributed by atoms with Gasteiger partial charge in [-0.3, -0.25) is 0 Å². The zero-order valence-corrected chi connectivity index (χ0v) is 8.64. The highest BCUT2D eigenvalue weighted by molar-refractivity contribution is 8.02. The van der Waals surface area contributed by atoms with E-state index < -0.39 is 0 Å². The Labute approximate surface area is 83.8 Å². The number of hydrogen-bond donors (Lipinski definition) is 0. The molecule has 1 nitrogen and oxygen atoms in total. The van der Waals surface area contributed by atoms with Crippen LogP contribution in [0.15, 0.2) is 36.3 Å². The van der Waals surface area contributed by atoms with Crippen molar-refractivity contribution in [1.29, 1.82) is 0 Å². The van der Waals surface area contributed by atoms with Crippen molar-refractivity contribution < 1.29 is 4.74 Å². The Balaban J connectivity index is 2.50. The van der Waals surface area contributed by atoms with Crippen molar-refractivity contribution >= 4 is 11.8 Å². The zero-order valence-electron chi connectivity index (χ0n) is 7.82. The van der Waals surface area contributed by atoms with Crippen LogP contribution >= 0.6 is 11.8 Å². The average Bonchev–Trinajstić information content (AvgIpc) is 2.19. The van der Waals surface area contributed by atoms with Crippen LogP contribution in [-0.2, 0) is 6.42 Å². The average molecular weight is 194 g/mol. The smallest absolute Gasteiger partial charge is 0.119 e. The fourth-order valence-electron chi connectivity index (χ4n) is 1.09. The molecule has 0 aliphatic carbocycles. The molecule has 0 aromatic heterocycles. The number of aryl methyl sites for hydroxylation is 1. The molecular formula is C11H14OS. The molecule has 0 amide bonds. The molecule has 1 rings (SSSR count). The first kappa shape index (κ1) is 10.2. The zero-order chi connectivity index (χ0) is 9.52. The van der Waals surface area contributed by atoms with Gasteiger partial charge in [0.2, 0.25) is 0 Å². The number of ether oxygens (including phenoxy) is 1. The van der Waals surface area contributed by atoms with Gasteiger partial charge in [0.15, 0.2) is 0 Å². The second kappa shape index (κ2) is 5.70. The van der Waals surface area contributed by atoms with Gasteiger partial charge >= 0.3 is 0 Å². The first-order valence-corrected chi connectivity index (χ1v) is 5.27. The van der Waals surface area contributed by atoms with Crippen molar-refractivity contribution in [3.05, 3.63) is 41.8 Å². The molecule has 0 saturated heterocycles. The van der Waals surface area contributed by atoms with E-state index >= 15 is 0 Å². The topological polar surface area (TPSA) is 9.23 Å². The molecule has 0 N–H and O–H groups in total. The van der Waals surface area contributed by atoms with Gasteiger partial charge in [0.25, 0.3) is 0 Å². The van der Waals surface area contributed by atoms with Gasteiger partial charge in [0, 0.05) is 5.75 Å². The Morgan fingerprint density at radius 3 is 3.08 bits per heavy atom. The van der Waals surface area contributed by atoms with E-state index in [1.54, 1.807) is 18.9 Å². The van der Waals surface area contributed by atoms with E-state index in [-0.39, 0.29) is 0 Å². The van der Waals surface area contributed by atoms with Crippen molar-refractivity contribution in [2.45, 2.75) is 6.42 Å². The van der Waals surface area contributed by atoms with Crippen LogP contribution in [0.4, 0.5) is 0 Å². The molecule has 2 heteroatoms. The van der Waals surface area contributed by atoms with Crippen molar-refractivity contribution in [2.75, 3.05) is 12.9 Å². The van der Waals surface area contributed by atoms with Crippen LogP contribution in [0.1, 0.15) is 5.56 Å². The van der Waals surface area contributed by atoms with Crippen LogP contribution < -0.4 is 4.74 Å². The molecule has 1 aromatic rings. The molecule has 0 spiro atoms. The summed E-state index contributed by atoms with van der Waals surface area (Å²) in [6, 6.07) is 8.17. The van der Waals surface area contributed by atoms with Gasteiger partial charge < -0.3 is 4.74 Å². The summed E-state index contributed by atoms with van der Waals surface area (Å²) >= 11 is 1.74. The number of thioether (sulfide) groups is 1. The maximum atomic E-state index is 5.13. The molecule has 0 unspecified atom stereocenters. The summed E-state index contributed by atoms with van der Waals surface area (Å²) in [5.74, 6) is 2.01. The number of rotatable bonds is 5. The molecule has 0 aliphatic heterocycles. The maximum absolute atomic E-state index is 5.13. The summed E-state index contributed by atoms with van der Waals surface area (Å²) in [5.41, 5.74) is 1.31. The monoisotopic (exact) mass is 194 g/mol. The molecule has 1 aromatic carbocycles. The van der Waals surface area contributed by atoms with E-state index in [0.29, 0.717) is 0 Å². The SMILES string of the molecule is C=CSCCc1cccc(OC)c1. The summed E-state index contributed by atoms with van der Waals surface area (Å²) in [7, 11) is 1.69. The third kappa shape index (κ3) is 3.55. The minimum Gasteiger partial charge on any atom is -0.497 e. The second-order valence-corrected chi connectivity index (χ2v) is 3.71. The highest BCUT2D eigenvalue weighted by Crippen LogP contribution is 2.14. The van der Waals surface area contributed by atoms with E-state index in [0.717, 1.165) is 17.9 Å². The second-order valence-electron chi connectivity index (χ2n) is 2.64. The number of benzene rings is 1. The quantitative estimate of drug-likeness (QED) is 0.666. The van der Waals surface area contributed by atoms with Gasteiger partial charge in [-0.2, -0.15) is 0 Å². The predicted molar refractivity (Wildman–Crippen MR) is 59.4 cm³/mol. The molecule has 70 valence electrons. The standard InChI is InChI=1S/C11H14OS/c1-3-13-8-7-10-5-4-6-11(9-10)12-2/h3-6,9H,1,7-8H2,2H3. The fraction of sp³-hybridized carbons (Fsp3) is 0.273. The van der Waals surface area contributed by atoms with Gasteiger partial charge in [-0.1, -0.05) is 18.7 Å². The third-order valence-corrected chi connectivity index (χ3v) is 2.44. The van der Waals surface area contributed by atoms with Gasteiger partial charge in [-0.25, -0.2) is 0 Å². The first-order valence-electron chi connectivity index (χ1n) is 4.22. The van der Waals surface area contributed by atoms with Crippen LogP contribution in [0.3, 0.4) is 0 Å². The highest BCUT2D eigenvalue weighted by atomic mass is 32.2. The Morgan fingerprint density at radius 2 is 2.38 bits per heavy atom. The maximum Gasteiger partial charge on any atom is 0.119 e.